The van der Waals surface area contributed by atoms with Crippen molar-refractivity contribution in [2.45, 2.75) is 26.2 Å². The summed E-state index contributed by atoms with van der Waals surface area (Å²) in [4.78, 5) is 17.1. The maximum absolute atomic E-state index is 13.3. The number of halogens is 1. The van der Waals surface area contributed by atoms with E-state index in [-0.39, 0.29) is 23.6 Å². The standard InChI is InChI=1S/C23H19FN6O/c1-13-3-5-15(6-4-13)18-11-20(31)27-22-21(18)14(2)29-30(22)23-26-19(12-25-28-23)16-7-9-17(24)10-8-16/h3-10,12,18H,11H2,1-2H3,(H,27,31). The molecule has 2 aromatic heterocycles. The Labute approximate surface area is 178 Å². The van der Waals surface area contributed by atoms with Crippen molar-refractivity contribution < 1.29 is 9.18 Å². The van der Waals surface area contributed by atoms with Gasteiger partial charge in [0.1, 0.15) is 11.6 Å². The largest absolute Gasteiger partial charge is 0.310 e. The van der Waals surface area contributed by atoms with Crippen molar-refractivity contribution >= 4 is 11.7 Å². The highest BCUT2D eigenvalue weighted by Gasteiger charge is 2.33. The predicted molar refractivity (Wildman–Crippen MR) is 113 cm³/mol. The lowest BCUT2D eigenvalue weighted by atomic mass is 9.85. The van der Waals surface area contributed by atoms with Gasteiger partial charge >= 0.3 is 0 Å². The molecule has 1 amide bonds. The zero-order valence-corrected chi connectivity index (χ0v) is 17.0. The van der Waals surface area contributed by atoms with Gasteiger partial charge in [-0.3, -0.25) is 4.79 Å². The highest BCUT2D eigenvalue weighted by Crippen LogP contribution is 2.39. The Balaban J connectivity index is 1.60. The Morgan fingerprint density at radius 3 is 2.55 bits per heavy atom. The molecule has 7 nitrogen and oxygen atoms in total. The third-order valence-corrected chi connectivity index (χ3v) is 5.46. The molecule has 8 heteroatoms. The summed E-state index contributed by atoms with van der Waals surface area (Å²) < 4.78 is 14.8. The first-order valence-electron chi connectivity index (χ1n) is 9.91. The van der Waals surface area contributed by atoms with Crippen molar-refractivity contribution in [1.29, 1.82) is 0 Å². The number of nitrogens with zero attached hydrogens (tertiary/aromatic N) is 5. The zero-order valence-electron chi connectivity index (χ0n) is 17.0. The number of hydrogen-bond donors (Lipinski definition) is 1. The number of hydrogen-bond acceptors (Lipinski definition) is 5. The molecule has 0 saturated carbocycles. The lowest BCUT2D eigenvalue weighted by Crippen LogP contribution is -2.25. The van der Waals surface area contributed by atoms with Crippen LogP contribution in [0.2, 0.25) is 0 Å². The molecule has 0 aliphatic carbocycles. The van der Waals surface area contributed by atoms with E-state index in [1.165, 1.54) is 23.0 Å². The number of fused-ring (bicyclic) bond motifs is 1. The van der Waals surface area contributed by atoms with E-state index in [4.69, 9.17) is 0 Å². The van der Waals surface area contributed by atoms with Gasteiger partial charge in [0.05, 0.1) is 17.6 Å². The van der Waals surface area contributed by atoms with E-state index < -0.39 is 0 Å². The van der Waals surface area contributed by atoms with Crippen LogP contribution in [0.15, 0.2) is 54.7 Å². The summed E-state index contributed by atoms with van der Waals surface area (Å²) in [6.45, 7) is 3.94. The van der Waals surface area contributed by atoms with E-state index in [9.17, 15) is 9.18 Å². The highest BCUT2D eigenvalue weighted by molar-refractivity contribution is 5.95. The van der Waals surface area contributed by atoms with Crippen LogP contribution in [0.1, 0.15) is 34.7 Å². The van der Waals surface area contributed by atoms with E-state index >= 15 is 0 Å². The van der Waals surface area contributed by atoms with Crippen LogP contribution in [0, 0.1) is 19.7 Å². The van der Waals surface area contributed by atoms with Gasteiger partial charge in [0.15, 0.2) is 0 Å². The van der Waals surface area contributed by atoms with Crippen molar-refractivity contribution in [3.63, 3.8) is 0 Å². The summed E-state index contributed by atoms with van der Waals surface area (Å²) in [6, 6.07) is 14.2. The van der Waals surface area contributed by atoms with Crippen LogP contribution < -0.4 is 5.32 Å². The molecule has 31 heavy (non-hydrogen) atoms. The van der Waals surface area contributed by atoms with Crippen LogP contribution in [0.5, 0.6) is 0 Å². The molecule has 1 atom stereocenters. The van der Waals surface area contributed by atoms with Crippen LogP contribution in [0.25, 0.3) is 17.2 Å². The Hall–Kier alpha value is -3.94. The van der Waals surface area contributed by atoms with Gasteiger partial charge in [0, 0.05) is 23.5 Å². The third-order valence-electron chi connectivity index (χ3n) is 5.46. The van der Waals surface area contributed by atoms with E-state index in [1.807, 2.05) is 38.1 Å². The SMILES string of the molecule is Cc1ccc(C2CC(=O)Nc3c2c(C)nn3-c2nncc(-c3ccc(F)cc3)n2)cc1. The van der Waals surface area contributed by atoms with Gasteiger partial charge < -0.3 is 5.32 Å². The minimum absolute atomic E-state index is 0.0955. The number of benzene rings is 2. The second-order valence-electron chi connectivity index (χ2n) is 7.62. The maximum Gasteiger partial charge on any atom is 0.272 e. The Kier molecular flexibility index (Phi) is 4.54. The Bertz CT molecular complexity index is 1280. The molecule has 1 N–H and O–H groups in total. The molecule has 1 unspecified atom stereocenters. The molecule has 4 aromatic rings. The van der Waals surface area contributed by atoms with Crippen LogP contribution in [-0.2, 0) is 4.79 Å². The Morgan fingerprint density at radius 1 is 1.06 bits per heavy atom. The monoisotopic (exact) mass is 414 g/mol. The number of rotatable bonds is 3. The van der Waals surface area contributed by atoms with Crippen molar-refractivity contribution in [1.82, 2.24) is 25.0 Å². The zero-order chi connectivity index (χ0) is 21.5. The minimum atomic E-state index is -0.326. The van der Waals surface area contributed by atoms with Crippen molar-refractivity contribution in [3.05, 3.63) is 82.9 Å². The molecule has 0 bridgehead atoms. The summed E-state index contributed by atoms with van der Waals surface area (Å²) in [6.07, 6.45) is 1.85. The summed E-state index contributed by atoms with van der Waals surface area (Å²) in [7, 11) is 0. The predicted octanol–water partition coefficient (Wildman–Crippen LogP) is 3.95. The second-order valence-corrected chi connectivity index (χ2v) is 7.62. The van der Waals surface area contributed by atoms with Gasteiger partial charge in [-0.2, -0.15) is 14.9 Å². The number of aryl methyl sites for hydroxylation is 2. The molecule has 0 radical (unpaired) electrons. The smallest absolute Gasteiger partial charge is 0.272 e. The van der Waals surface area contributed by atoms with Crippen LogP contribution >= 0.6 is 0 Å². The molecule has 2 aromatic carbocycles. The van der Waals surface area contributed by atoms with Gasteiger partial charge in [0.25, 0.3) is 5.95 Å². The topological polar surface area (TPSA) is 85.6 Å². The van der Waals surface area contributed by atoms with Crippen molar-refractivity contribution in [2.24, 2.45) is 0 Å². The highest BCUT2D eigenvalue weighted by atomic mass is 19.1. The number of carbonyl (C=O) groups is 1. The molecule has 0 saturated heterocycles. The molecule has 154 valence electrons. The number of aromatic nitrogens is 5. The van der Waals surface area contributed by atoms with E-state index in [1.54, 1.807) is 12.1 Å². The first-order valence-corrected chi connectivity index (χ1v) is 9.91. The average molecular weight is 414 g/mol. The van der Waals surface area contributed by atoms with Gasteiger partial charge in [-0.1, -0.05) is 29.8 Å². The van der Waals surface area contributed by atoms with Crippen molar-refractivity contribution in [3.8, 4) is 17.2 Å². The molecule has 0 spiro atoms. The normalized spacial score (nSPS) is 15.5. The molecule has 1 aliphatic heterocycles. The summed E-state index contributed by atoms with van der Waals surface area (Å²) in [5.41, 5.74) is 5.19. The maximum atomic E-state index is 13.3. The number of amides is 1. The van der Waals surface area contributed by atoms with E-state index in [0.29, 0.717) is 23.5 Å². The van der Waals surface area contributed by atoms with Gasteiger partial charge in [-0.05, 0) is 43.7 Å². The van der Waals surface area contributed by atoms with Crippen LogP contribution in [-0.4, -0.2) is 30.9 Å². The van der Waals surface area contributed by atoms with Crippen LogP contribution in [0.4, 0.5) is 10.2 Å². The number of nitrogens with one attached hydrogen (secondary N) is 1. The van der Waals surface area contributed by atoms with E-state index in [2.05, 4.69) is 25.6 Å². The quantitative estimate of drug-likeness (QED) is 0.549. The molecule has 1 aliphatic rings. The summed E-state index contributed by atoms with van der Waals surface area (Å²) in [5.74, 6) is 0.259. The van der Waals surface area contributed by atoms with Crippen molar-refractivity contribution in [2.75, 3.05) is 5.32 Å². The molecule has 5 rings (SSSR count). The fraction of sp³-hybridized carbons (Fsp3) is 0.174. The summed E-state index contributed by atoms with van der Waals surface area (Å²) in [5, 5.41) is 15.7. The second kappa shape index (κ2) is 7.39. The third kappa shape index (κ3) is 3.46. The molecule has 0 fully saturated rings. The van der Waals surface area contributed by atoms with Gasteiger partial charge in [-0.15, -0.1) is 5.10 Å². The lowest BCUT2D eigenvalue weighted by molar-refractivity contribution is -0.116. The van der Waals surface area contributed by atoms with Gasteiger partial charge in [0.2, 0.25) is 5.91 Å². The van der Waals surface area contributed by atoms with E-state index in [0.717, 1.165) is 22.4 Å². The number of carbonyl (C=O) groups excluding carboxylic acids is 1. The number of anilines is 1. The fourth-order valence-corrected chi connectivity index (χ4v) is 3.92. The molecular weight excluding hydrogens is 395 g/mol. The lowest BCUT2D eigenvalue weighted by Gasteiger charge is -2.24. The minimum Gasteiger partial charge on any atom is -0.310 e. The molecule has 3 heterocycles. The molecular formula is C23H19FN6O. The fourth-order valence-electron chi connectivity index (χ4n) is 3.92. The average Bonchev–Trinajstić information content (AvgIpc) is 3.10. The first kappa shape index (κ1) is 19.0. The summed E-state index contributed by atoms with van der Waals surface area (Å²) >= 11 is 0. The Morgan fingerprint density at radius 2 is 1.81 bits per heavy atom. The first-order chi connectivity index (χ1) is 15.0. The van der Waals surface area contributed by atoms with Crippen LogP contribution in [0.3, 0.4) is 0 Å². The van der Waals surface area contributed by atoms with Gasteiger partial charge in [-0.25, -0.2) is 9.37 Å².